The molecule has 0 amide bonds. The van der Waals surface area contributed by atoms with Gasteiger partial charge in [-0.2, -0.15) is 0 Å². The maximum Gasteiger partial charge on any atom is 0.214 e. The predicted molar refractivity (Wildman–Crippen MR) is 76.0 cm³/mol. The van der Waals surface area contributed by atoms with E-state index in [1.807, 2.05) is 38.1 Å². The highest BCUT2D eigenvalue weighted by Gasteiger charge is 2.15. The van der Waals surface area contributed by atoms with E-state index in [2.05, 4.69) is 20.7 Å². The Kier molecular flexibility index (Phi) is 6.28. The van der Waals surface area contributed by atoms with Crippen LogP contribution in [0.15, 0.2) is 28.7 Å². The lowest BCUT2D eigenvalue weighted by atomic mass is 10.1. The fourth-order valence-electron chi connectivity index (χ4n) is 1.46. The molecule has 1 atom stereocenters. The molecule has 0 saturated heterocycles. The Morgan fingerprint density at radius 3 is 2.50 bits per heavy atom. The SMILES string of the molecule is CCOCCS(=O)(=O)NC(C)c1ccc(Br)cc1. The van der Waals surface area contributed by atoms with Gasteiger partial charge in [-0.3, -0.25) is 0 Å². The molecule has 0 aromatic heterocycles. The second-order valence-electron chi connectivity index (χ2n) is 3.91. The zero-order chi connectivity index (χ0) is 13.6. The van der Waals surface area contributed by atoms with Crippen LogP contribution < -0.4 is 4.72 Å². The van der Waals surface area contributed by atoms with Crippen LogP contribution in [-0.4, -0.2) is 27.4 Å². The molecule has 18 heavy (non-hydrogen) atoms. The lowest BCUT2D eigenvalue weighted by Gasteiger charge is -2.14. The molecule has 6 heteroatoms. The summed E-state index contributed by atoms with van der Waals surface area (Å²) in [5.41, 5.74) is 0.929. The van der Waals surface area contributed by atoms with Gasteiger partial charge in [-0.25, -0.2) is 13.1 Å². The molecular formula is C12H18BrNO3S. The fourth-order valence-corrected chi connectivity index (χ4v) is 2.85. The van der Waals surface area contributed by atoms with Crippen molar-refractivity contribution in [2.45, 2.75) is 19.9 Å². The molecule has 0 radical (unpaired) electrons. The van der Waals surface area contributed by atoms with Crippen LogP contribution in [0, 0.1) is 0 Å². The average molecular weight is 336 g/mol. The highest BCUT2D eigenvalue weighted by Crippen LogP contribution is 2.17. The summed E-state index contributed by atoms with van der Waals surface area (Å²) in [6.07, 6.45) is 0. The zero-order valence-electron chi connectivity index (χ0n) is 10.5. The second kappa shape index (κ2) is 7.23. The van der Waals surface area contributed by atoms with Crippen molar-refractivity contribution >= 4 is 26.0 Å². The van der Waals surface area contributed by atoms with Crippen molar-refractivity contribution in [1.29, 1.82) is 0 Å². The maximum absolute atomic E-state index is 11.8. The number of benzene rings is 1. The average Bonchev–Trinajstić information content (AvgIpc) is 2.29. The van der Waals surface area contributed by atoms with Gasteiger partial charge >= 0.3 is 0 Å². The first-order valence-corrected chi connectivity index (χ1v) is 8.22. The Labute approximate surface area is 117 Å². The molecule has 0 saturated carbocycles. The van der Waals surface area contributed by atoms with Crippen molar-refractivity contribution in [3.63, 3.8) is 0 Å². The quantitative estimate of drug-likeness (QED) is 0.778. The summed E-state index contributed by atoms with van der Waals surface area (Å²) in [7, 11) is -3.30. The summed E-state index contributed by atoms with van der Waals surface area (Å²) in [6.45, 7) is 4.41. The minimum Gasteiger partial charge on any atom is -0.381 e. The van der Waals surface area contributed by atoms with E-state index in [4.69, 9.17) is 4.74 Å². The molecule has 1 rings (SSSR count). The summed E-state index contributed by atoms with van der Waals surface area (Å²) < 4.78 is 32.2. The Hall–Kier alpha value is -0.430. The summed E-state index contributed by atoms with van der Waals surface area (Å²) in [6, 6.07) is 7.31. The smallest absolute Gasteiger partial charge is 0.214 e. The van der Waals surface area contributed by atoms with E-state index in [0.29, 0.717) is 6.61 Å². The largest absolute Gasteiger partial charge is 0.381 e. The molecule has 0 heterocycles. The van der Waals surface area contributed by atoms with Crippen molar-refractivity contribution in [2.75, 3.05) is 19.0 Å². The monoisotopic (exact) mass is 335 g/mol. The third-order valence-corrected chi connectivity index (χ3v) is 4.37. The molecule has 0 aliphatic carbocycles. The predicted octanol–water partition coefficient (Wildman–Crippen LogP) is 2.47. The Bertz CT molecular complexity index is 459. The number of halogens is 1. The van der Waals surface area contributed by atoms with Crippen molar-refractivity contribution in [2.24, 2.45) is 0 Å². The normalized spacial score (nSPS) is 13.5. The third-order valence-electron chi connectivity index (χ3n) is 2.43. The van der Waals surface area contributed by atoms with Gasteiger partial charge in [-0.15, -0.1) is 0 Å². The van der Waals surface area contributed by atoms with Crippen LogP contribution in [0.3, 0.4) is 0 Å². The van der Waals surface area contributed by atoms with E-state index in [1.165, 1.54) is 0 Å². The van der Waals surface area contributed by atoms with Crippen molar-refractivity contribution in [1.82, 2.24) is 4.72 Å². The summed E-state index contributed by atoms with van der Waals surface area (Å²) in [5.74, 6) is -0.0122. The number of hydrogen-bond acceptors (Lipinski definition) is 3. The van der Waals surface area contributed by atoms with Crippen LogP contribution in [-0.2, 0) is 14.8 Å². The lowest BCUT2D eigenvalue weighted by Crippen LogP contribution is -2.30. The zero-order valence-corrected chi connectivity index (χ0v) is 12.9. The van der Waals surface area contributed by atoms with E-state index in [9.17, 15) is 8.42 Å². The van der Waals surface area contributed by atoms with Crippen LogP contribution in [0.4, 0.5) is 0 Å². The van der Waals surface area contributed by atoms with Gasteiger partial charge in [0.05, 0.1) is 12.4 Å². The molecule has 1 aromatic carbocycles. The minimum absolute atomic E-state index is 0.0122. The highest BCUT2D eigenvalue weighted by atomic mass is 79.9. The Morgan fingerprint density at radius 2 is 1.94 bits per heavy atom. The number of ether oxygens (including phenoxy) is 1. The maximum atomic E-state index is 11.8. The minimum atomic E-state index is -3.30. The van der Waals surface area contributed by atoms with Crippen molar-refractivity contribution in [3.05, 3.63) is 34.3 Å². The van der Waals surface area contributed by atoms with E-state index < -0.39 is 10.0 Å². The standard InChI is InChI=1S/C12H18BrNO3S/c1-3-17-8-9-18(15,16)14-10(2)11-4-6-12(13)7-5-11/h4-7,10,14H,3,8-9H2,1-2H3. The summed E-state index contributed by atoms with van der Waals surface area (Å²) in [5, 5.41) is 0. The Morgan fingerprint density at radius 1 is 1.33 bits per heavy atom. The van der Waals surface area contributed by atoms with Crippen LogP contribution >= 0.6 is 15.9 Å². The van der Waals surface area contributed by atoms with Gasteiger partial charge < -0.3 is 4.74 Å². The molecule has 0 aliphatic heterocycles. The first-order chi connectivity index (χ1) is 8.44. The first kappa shape index (κ1) is 15.6. The molecule has 1 unspecified atom stereocenters. The third kappa shape index (κ3) is 5.48. The number of rotatable bonds is 7. The molecule has 4 nitrogen and oxygen atoms in total. The van der Waals surface area contributed by atoms with Gasteiger partial charge in [0.2, 0.25) is 10.0 Å². The molecule has 0 fully saturated rings. The van der Waals surface area contributed by atoms with Crippen LogP contribution in [0.2, 0.25) is 0 Å². The van der Waals surface area contributed by atoms with Gasteiger partial charge in [-0.1, -0.05) is 28.1 Å². The Balaban J connectivity index is 2.58. The van der Waals surface area contributed by atoms with Crippen LogP contribution in [0.1, 0.15) is 25.5 Å². The summed E-state index contributed by atoms with van der Waals surface area (Å²) >= 11 is 3.34. The van der Waals surface area contributed by atoms with Gasteiger partial charge in [0.15, 0.2) is 0 Å². The molecule has 102 valence electrons. The summed E-state index contributed by atoms with van der Waals surface area (Å²) in [4.78, 5) is 0. The van der Waals surface area contributed by atoms with Crippen molar-refractivity contribution in [3.8, 4) is 0 Å². The lowest BCUT2D eigenvalue weighted by molar-refractivity contribution is 0.163. The molecule has 0 aliphatic rings. The topological polar surface area (TPSA) is 55.4 Å². The molecular weight excluding hydrogens is 318 g/mol. The van der Waals surface area contributed by atoms with Gasteiger partial charge in [-0.05, 0) is 31.5 Å². The number of nitrogens with one attached hydrogen (secondary N) is 1. The van der Waals surface area contributed by atoms with Crippen LogP contribution in [0.25, 0.3) is 0 Å². The van der Waals surface area contributed by atoms with Crippen LogP contribution in [0.5, 0.6) is 0 Å². The van der Waals surface area contributed by atoms with E-state index in [1.54, 1.807) is 0 Å². The van der Waals surface area contributed by atoms with E-state index in [0.717, 1.165) is 10.0 Å². The van der Waals surface area contributed by atoms with Gasteiger partial charge in [0, 0.05) is 17.1 Å². The second-order valence-corrected chi connectivity index (χ2v) is 6.70. The molecule has 1 aromatic rings. The molecule has 1 N–H and O–H groups in total. The van der Waals surface area contributed by atoms with Gasteiger partial charge in [0.25, 0.3) is 0 Å². The number of sulfonamides is 1. The van der Waals surface area contributed by atoms with Gasteiger partial charge in [0.1, 0.15) is 0 Å². The number of hydrogen-bond donors (Lipinski definition) is 1. The molecule has 0 bridgehead atoms. The first-order valence-electron chi connectivity index (χ1n) is 5.78. The van der Waals surface area contributed by atoms with E-state index >= 15 is 0 Å². The molecule has 0 spiro atoms. The van der Waals surface area contributed by atoms with E-state index in [-0.39, 0.29) is 18.4 Å². The highest BCUT2D eigenvalue weighted by molar-refractivity contribution is 9.10. The fraction of sp³-hybridized carbons (Fsp3) is 0.500. The van der Waals surface area contributed by atoms with Crippen molar-refractivity contribution < 1.29 is 13.2 Å².